The number of nitrogens with zero attached hydrogens (tertiary/aromatic N) is 2. The Morgan fingerprint density at radius 2 is 2.13 bits per heavy atom. The van der Waals surface area contributed by atoms with E-state index in [1.54, 1.807) is 23.5 Å². The molecular formula is C16H19N3O3S. The minimum Gasteiger partial charge on any atom is -0.392 e. The first-order valence-electron chi connectivity index (χ1n) is 7.60. The van der Waals surface area contributed by atoms with Gasteiger partial charge in [-0.2, -0.15) is 0 Å². The minimum atomic E-state index is -0.385. The Morgan fingerprint density at radius 3 is 2.74 bits per heavy atom. The fourth-order valence-corrected chi connectivity index (χ4v) is 3.66. The lowest BCUT2D eigenvalue weighted by Gasteiger charge is -2.33. The smallest absolute Gasteiger partial charge is 0.292 e. The molecule has 0 atom stereocenters. The van der Waals surface area contributed by atoms with Crippen molar-refractivity contribution in [2.24, 2.45) is 0 Å². The average Bonchev–Trinajstić information content (AvgIpc) is 3.09. The SMILES string of the molecule is O=[N+]([O-])c1ccc(CO)cc1NC1CCN(c2cccs2)CC1. The fourth-order valence-electron chi connectivity index (χ4n) is 2.87. The molecule has 1 fully saturated rings. The second kappa shape index (κ2) is 6.97. The van der Waals surface area contributed by atoms with E-state index in [4.69, 9.17) is 0 Å². The summed E-state index contributed by atoms with van der Waals surface area (Å²) in [5, 5.41) is 27.0. The van der Waals surface area contributed by atoms with E-state index in [0.717, 1.165) is 25.9 Å². The third-order valence-electron chi connectivity index (χ3n) is 4.11. The highest BCUT2D eigenvalue weighted by atomic mass is 32.1. The molecular weight excluding hydrogens is 314 g/mol. The number of benzene rings is 1. The summed E-state index contributed by atoms with van der Waals surface area (Å²) >= 11 is 1.73. The number of aliphatic hydroxyl groups excluding tert-OH is 1. The maximum absolute atomic E-state index is 11.2. The Kier molecular flexibility index (Phi) is 4.78. The van der Waals surface area contributed by atoms with E-state index in [1.807, 2.05) is 6.07 Å². The van der Waals surface area contributed by atoms with Gasteiger partial charge in [-0.05, 0) is 48.1 Å². The predicted octanol–water partition coefficient (Wildman–Crippen LogP) is 3.23. The van der Waals surface area contributed by atoms with Crippen LogP contribution in [0.5, 0.6) is 0 Å². The summed E-state index contributed by atoms with van der Waals surface area (Å²) in [6.07, 6.45) is 1.86. The number of nitrogens with one attached hydrogen (secondary N) is 1. The van der Waals surface area contributed by atoms with E-state index >= 15 is 0 Å². The summed E-state index contributed by atoms with van der Waals surface area (Å²) < 4.78 is 0. The number of thiophene rings is 1. The van der Waals surface area contributed by atoms with Crippen LogP contribution in [0.1, 0.15) is 18.4 Å². The highest BCUT2D eigenvalue weighted by molar-refractivity contribution is 7.14. The zero-order valence-electron chi connectivity index (χ0n) is 12.6. The molecule has 0 amide bonds. The van der Waals surface area contributed by atoms with E-state index in [0.29, 0.717) is 11.3 Å². The first-order valence-corrected chi connectivity index (χ1v) is 8.48. The van der Waals surface area contributed by atoms with E-state index in [2.05, 4.69) is 21.7 Å². The van der Waals surface area contributed by atoms with E-state index in [-0.39, 0.29) is 23.3 Å². The first kappa shape index (κ1) is 15.8. The van der Waals surface area contributed by atoms with Crippen molar-refractivity contribution in [2.45, 2.75) is 25.5 Å². The highest BCUT2D eigenvalue weighted by Gasteiger charge is 2.22. The largest absolute Gasteiger partial charge is 0.392 e. The molecule has 0 spiro atoms. The van der Waals surface area contributed by atoms with Crippen molar-refractivity contribution < 1.29 is 10.0 Å². The van der Waals surface area contributed by atoms with Crippen LogP contribution in [0.4, 0.5) is 16.4 Å². The maximum atomic E-state index is 11.2. The Hall–Kier alpha value is -2.12. The number of nitro benzene ring substituents is 1. The zero-order valence-corrected chi connectivity index (χ0v) is 13.5. The van der Waals surface area contributed by atoms with Crippen molar-refractivity contribution in [1.82, 2.24) is 0 Å². The number of anilines is 2. The Labute approximate surface area is 138 Å². The van der Waals surface area contributed by atoms with Gasteiger partial charge in [0, 0.05) is 25.2 Å². The minimum absolute atomic E-state index is 0.0582. The van der Waals surface area contributed by atoms with E-state index in [9.17, 15) is 15.2 Å². The van der Waals surface area contributed by atoms with Gasteiger partial charge in [-0.15, -0.1) is 11.3 Å². The van der Waals surface area contributed by atoms with Gasteiger partial charge in [0.1, 0.15) is 5.69 Å². The van der Waals surface area contributed by atoms with E-state index in [1.165, 1.54) is 11.1 Å². The van der Waals surface area contributed by atoms with Gasteiger partial charge in [-0.1, -0.05) is 0 Å². The van der Waals surface area contributed by atoms with Crippen molar-refractivity contribution in [2.75, 3.05) is 23.3 Å². The van der Waals surface area contributed by atoms with Gasteiger partial charge in [-0.3, -0.25) is 10.1 Å². The van der Waals surface area contributed by atoms with Gasteiger partial charge in [0.15, 0.2) is 0 Å². The lowest BCUT2D eigenvalue weighted by atomic mass is 10.0. The molecule has 122 valence electrons. The molecule has 3 rings (SSSR count). The van der Waals surface area contributed by atoms with Crippen molar-refractivity contribution in [3.63, 3.8) is 0 Å². The molecule has 1 aromatic heterocycles. The van der Waals surface area contributed by atoms with Gasteiger partial charge in [0.05, 0.1) is 16.5 Å². The van der Waals surface area contributed by atoms with Crippen molar-refractivity contribution in [1.29, 1.82) is 0 Å². The molecule has 2 aromatic rings. The summed E-state index contributed by atoms with van der Waals surface area (Å²) in [7, 11) is 0. The molecule has 1 aliphatic rings. The number of rotatable bonds is 5. The molecule has 0 unspecified atom stereocenters. The van der Waals surface area contributed by atoms with Gasteiger partial charge in [0.25, 0.3) is 5.69 Å². The molecule has 2 N–H and O–H groups in total. The Bertz CT molecular complexity index is 667. The van der Waals surface area contributed by atoms with Crippen LogP contribution in [-0.4, -0.2) is 29.2 Å². The standard InChI is InChI=1S/C16H19N3O3S/c20-11-12-3-4-15(19(21)22)14(10-12)17-13-5-7-18(8-6-13)16-2-1-9-23-16/h1-4,9-10,13,17,20H,5-8,11H2. The lowest BCUT2D eigenvalue weighted by Crippen LogP contribution is -2.38. The van der Waals surface area contributed by atoms with Crippen molar-refractivity contribution >= 4 is 27.7 Å². The first-order chi connectivity index (χ1) is 11.2. The highest BCUT2D eigenvalue weighted by Crippen LogP contribution is 2.30. The molecule has 1 aromatic carbocycles. The molecule has 6 nitrogen and oxygen atoms in total. The van der Waals surface area contributed by atoms with Crippen LogP contribution in [-0.2, 0) is 6.61 Å². The zero-order chi connectivity index (χ0) is 16.2. The van der Waals surface area contributed by atoms with Gasteiger partial charge >= 0.3 is 0 Å². The van der Waals surface area contributed by atoms with E-state index < -0.39 is 0 Å². The number of hydrogen-bond donors (Lipinski definition) is 2. The fraction of sp³-hybridized carbons (Fsp3) is 0.375. The molecule has 1 aliphatic heterocycles. The van der Waals surface area contributed by atoms with Crippen LogP contribution >= 0.6 is 11.3 Å². The normalized spacial score (nSPS) is 15.6. The molecule has 0 aliphatic carbocycles. The number of aliphatic hydroxyl groups is 1. The average molecular weight is 333 g/mol. The second-order valence-electron chi connectivity index (χ2n) is 5.62. The maximum Gasteiger partial charge on any atom is 0.292 e. The summed E-state index contributed by atoms with van der Waals surface area (Å²) in [6, 6.07) is 9.09. The second-order valence-corrected chi connectivity index (χ2v) is 6.55. The lowest BCUT2D eigenvalue weighted by molar-refractivity contribution is -0.384. The van der Waals surface area contributed by atoms with Crippen molar-refractivity contribution in [3.05, 3.63) is 51.4 Å². The van der Waals surface area contributed by atoms with Crippen molar-refractivity contribution in [3.8, 4) is 0 Å². The van der Waals surface area contributed by atoms with Crippen LogP contribution < -0.4 is 10.2 Å². The number of piperidine rings is 1. The predicted molar refractivity (Wildman–Crippen MR) is 92.2 cm³/mol. The monoisotopic (exact) mass is 333 g/mol. The van der Waals surface area contributed by atoms with Crippen LogP contribution in [0.25, 0.3) is 0 Å². The van der Waals surface area contributed by atoms with Gasteiger partial charge in [0.2, 0.25) is 0 Å². The van der Waals surface area contributed by atoms with Crippen LogP contribution in [0, 0.1) is 10.1 Å². The molecule has 0 bridgehead atoms. The third kappa shape index (κ3) is 3.62. The Balaban J connectivity index is 1.67. The van der Waals surface area contributed by atoms with Gasteiger partial charge < -0.3 is 15.3 Å². The van der Waals surface area contributed by atoms with Gasteiger partial charge in [-0.25, -0.2) is 0 Å². The molecule has 1 saturated heterocycles. The molecule has 0 radical (unpaired) electrons. The number of hydrogen-bond acceptors (Lipinski definition) is 6. The summed E-state index contributed by atoms with van der Waals surface area (Å²) in [6.45, 7) is 1.75. The molecule has 23 heavy (non-hydrogen) atoms. The topological polar surface area (TPSA) is 78.6 Å². The van der Waals surface area contributed by atoms with Crippen LogP contribution in [0.3, 0.4) is 0 Å². The van der Waals surface area contributed by atoms with Crippen LogP contribution in [0.15, 0.2) is 35.7 Å². The third-order valence-corrected chi connectivity index (χ3v) is 5.04. The summed E-state index contributed by atoms with van der Waals surface area (Å²) in [5.41, 5.74) is 1.23. The summed E-state index contributed by atoms with van der Waals surface area (Å²) in [5.74, 6) is 0. The number of nitro groups is 1. The van der Waals surface area contributed by atoms with Crippen LogP contribution in [0.2, 0.25) is 0 Å². The quantitative estimate of drug-likeness (QED) is 0.649. The Morgan fingerprint density at radius 1 is 1.35 bits per heavy atom. The molecule has 0 saturated carbocycles. The molecule has 7 heteroatoms. The summed E-state index contributed by atoms with van der Waals surface area (Å²) in [4.78, 5) is 13.1. The molecule has 2 heterocycles.